The van der Waals surface area contributed by atoms with Crippen molar-refractivity contribution in [1.29, 1.82) is 0 Å². The Bertz CT molecular complexity index is 199. The molecule has 1 N–H and O–H groups in total. The first-order valence-corrected chi connectivity index (χ1v) is 7.82. The average Bonchev–Trinajstić information content (AvgIpc) is 2.76. The van der Waals surface area contributed by atoms with Crippen LogP contribution >= 0.6 is 0 Å². The lowest BCUT2D eigenvalue weighted by atomic mass is 9.97. The Morgan fingerprint density at radius 3 is 2.59 bits per heavy atom. The predicted octanol–water partition coefficient (Wildman–Crippen LogP) is 3.03. The van der Waals surface area contributed by atoms with Gasteiger partial charge in [-0.3, -0.25) is 0 Å². The maximum atomic E-state index is 3.81. The second kappa shape index (κ2) is 7.38. The fourth-order valence-electron chi connectivity index (χ4n) is 3.39. The molecule has 2 atom stereocenters. The molecule has 1 heterocycles. The summed E-state index contributed by atoms with van der Waals surface area (Å²) in [6.45, 7) is 7.67. The van der Waals surface area contributed by atoms with Crippen molar-refractivity contribution in [3.05, 3.63) is 0 Å². The van der Waals surface area contributed by atoms with Crippen molar-refractivity contribution in [3.8, 4) is 0 Å². The molecule has 0 bridgehead atoms. The first kappa shape index (κ1) is 13.4. The summed E-state index contributed by atoms with van der Waals surface area (Å²) < 4.78 is 0. The van der Waals surface area contributed by atoms with E-state index in [9.17, 15) is 0 Å². The number of hydrogen-bond acceptors (Lipinski definition) is 2. The number of hydrogen-bond donors (Lipinski definition) is 1. The van der Waals surface area contributed by atoms with Gasteiger partial charge >= 0.3 is 0 Å². The third kappa shape index (κ3) is 4.59. The van der Waals surface area contributed by atoms with Crippen molar-refractivity contribution in [1.82, 2.24) is 10.2 Å². The molecule has 2 aliphatic rings. The van der Waals surface area contributed by atoms with Crippen molar-refractivity contribution >= 4 is 0 Å². The highest BCUT2D eigenvalue weighted by Crippen LogP contribution is 2.22. The maximum absolute atomic E-state index is 3.81. The molecule has 2 nitrogen and oxygen atoms in total. The minimum atomic E-state index is 0.802. The van der Waals surface area contributed by atoms with Gasteiger partial charge in [-0.15, -0.1) is 0 Å². The summed E-state index contributed by atoms with van der Waals surface area (Å²) >= 11 is 0. The van der Waals surface area contributed by atoms with Crippen LogP contribution in [0.4, 0.5) is 0 Å². The largest absolute Gasteiger partial charge is 0.314 e. The van der Waals surface area contributed by atoms with Gasteiger partial charge in [-0.05, 0) is 64.2 Å². The molecule has 0 aromatic carbocycles. The van der Waals surface area contributed by atoms with E-state index in [1.807, 2.05) is 0 Å². The molecule has 1 aliphatic heterocycles. The van der Waals surface area contributed by atoms with E-state index in [0.717, 1.165) is 12.0 Å². The molecule has 100 valence electrons. The van der Waals surface area contributed by atoms with E-state index in [0.29, 0.717) is 0 Å². The molecule has 0 aromatic heterocycles. The Hall–Kier alpha value is -0.0800. The summed E-state index contributed by atoms with van der Waals surface area (Å²) in [4.78, 5) is 2.62. The molecule has 2 heteroatoms. The van der Waals surface area contributed by atoms with Gasteiger partial charge < -0.3 is 10.2 Å². The molecular weight excluding hydrogens is 208 g/mol. The van der Waals surface area contributed by atoms with E-state index in [-0.39, 0.29) is 0 Å². The summed E-state index contributed by atoms with van der Waals surface area (Å²) in [6.07, 6.45) is 11.4. The quantitative estimate of drug-likeness (QED) is 0.585. The van der Waals surface area contributed by atoms with Crippen molar-refractivity contribution in [2.24, 2.45) is 5.92 Å². The minimum Gasteiger partial charge on any atom is -0.314 e. The van der Waals surface area contributed by atoms with Crippen LogP contribution in [0.25, 0.3) is 0 Å². The lowest BCUT2D eigenvalue weighted by Gasteiger charge is -2.23. The highest BCUT2D eigenvalue weighted by atomic mass is 15.1. The Morgan fingerprint density at radius 1 is 1.00 bits per heavy atom. The summed E-state index contributed by atoms with van der Waals surface area (Å²) in [6, 6.07) is 0.802. The van der Waals surface area contributed by atoms with Crippen LogP contribution in [0.5, 0.6) is 0 Å². The fraction of sp³-hybridized carbons (Fsp3) is 1.00. The molecule has 2 fully saturated rings. The van der Waals surface area contributed by atoms with Gasteiger partial charge in [0.15, 0.2) is 0 Å². The van der Waals surface area contributed by atoms with Crippen molar-refractivity contribution < 1.29 is 0 Å². The van der Waals surface area contributed by atoms with Gasteiger partial charge in [0.05, 0.1) is 0 Å². The van der Waals surface area contributed by atoms with E-state index < -0.39 is 0 Å². The summed E-state index contributed by atoms with van der Waals surface area (Å²) in [5, 5.41) is 3.81. The monoisotopic (exact) mass is 238 g/mol. The van der Waals surface area contributed by atoms with Crippen LogP contribution in [0.15, 0.2) is 0 Å². The highest BCUT2D eigenvalue weighted by molar-refractivity contribution is 4.77. The van der Waals surface area contributed by atoms with Gasteiger partial charge in [0.25, 0.3) is 0 Å². The van der Waals surface area contributed by atoms with E-state index in [1.54, 1.807) is 0 Å². The molecule has 0 amide bonds. The Kier molecular flexibility index (Phi) is 5.79. The Morgan fingerprint density at radius 2 is 1.76 bits per heavy atom. The lowest BCUT2D eigenvalue weighted by Crippen LogP contribution is -2.36. The zero-order valence-corrected chi connectivity index (χ0v) is 11.6. The minimum absolute atomic E-state index is 0.802. The molecule has 1 saturated carbocycles. The standard InChI is InChI=1S/C15H30N2/c1-14-8-3-2-4-9-15(14)16-10-7-13-17-11-5-6-12-17/h14-16H,2-13H2,1H3. The van der Waals surface area contributed by atoms with Crippen LogP contribution in [0.3, 0.4) is 0 Å². The zero-order valence-electron chi connectivity index (χ0n) is 11.6. The zero-order chi connectivity index (χ0) is 11.9. The van der Waals surface area contributed by atoms with E-state index in [1.165, 1.54) is 77.5 Å². The smallest absolute Gasteiger partial charge is 0.00926 e. The van der Waals surface area contributed by atoms with Gasteiger partial charge in [0, 0.05) is 6.04 Å². The average molecular weight is 238 g/mol. The van der Waals surface area contributed by atoms with Crippen molar-refractivity contribution in [2.75, 3.05) is 26.2 Å². The molecule has 2 unspecified atom stereocenters. The third-order valence-corrected chi connectivity index (χ3v) is 4.62. The first-order chi connectivity index (χ1) is 8.36. The number of rotatable bonds is 5. The van der Waals surface area contributed by atoms with E-state index >= 15 is 0 Å². The van der Waals surface area contributed by atoms with Gasteiger partial charge in [0.1, 0.15) is 0 Å². The summed E-state index contributed by atoms with van der Waals surface area (Å²) in [5.41, 5.74) is 0. The predicted molar refractivity (Wildman–Crippen MR) is 74.3 cm³/mol. The van der Waals surface area contributed by atoms with Crippen LogP contribution in [0.1, 0.15) is 58.3 Å². The third-order valence-electron chi connectivity index (χ3n) is 4.62. The molecule has 1 aliphatic carbocycles. The number of nitrogens with one attached hydrogen (secondary N) is 1. The van der Waals surface area contributed by atoms with Crippen LogP contribution in [0.2, 0.25) is 0 Å². The van der Waals surface area contributed by atoms with E-state index in [4.69, 9.17) is 0 Å². The van der Waals surface area contributed by atoms with Gasteiger partial charge in [-0.1, -0.05) is 26.2 Å². The number of likely N-dealkylation sites (tertiary alicyclic amines) is 1. The first-order valence-electron chi connectivity index (χ1n) is 7.82. The number of nitrogens with zero attached hydrogens (tertiary/aromatic N) is 1. The van der Waals surface area contributed by atoms with Crippen LogP contribution in [-0.2, 0) is 0 Å². The molecule has 0 radical (unpaired) electrons. The van der Waals surface area contributed by atoms with Gasteiger partial charge in [-0.2, -0.15) is 0 Å². The Balaban J connectivity index is 1.56. The normalized spacial score (nSPS) is 31.6. The summed E-state index contributed by atoms with van der Waals surface area (Å²) in [5.74, 6) is 0.893. The van der Waals surface area contributed by atoms with Crippen LogP contribution in [-0.4, -0.2) is 37.1 Å². The Labute approximate surface area is 107 Å². The van der Waals surface area contributed by atoms with Crippen molar-refractivity contribution in [2.45, 2.75) is 64.3 Å². The second-order valence-corrected chi connectivity index (χ2v) is 6.08. The topological polar surface area (TPSA) is 15.3 Å². The molecular formula is C15H30N2. The lowest BCUT2D eigenvalue weighted by molar-refractivity contribution is 0.311. The van der Waals surface area contributed by atoms with Gasteiger partial charge in [-0.25, -0.2) is 0 Å². The molecule has 2 rings (SSSR count). The maximum Gasteiger partial charge on any atom is 0.00926 e. The molecule has 1 saturated heterocycles. The molecule has 0 spiro atoms. The van der Waals surface area contributed by atoms with Crippen LogP contribution in [0, 0.1) is 5.92 Å². The SMILES string of the molecule is CC1CCCCCC1NCCCN1CCCC1. The van der Waals surface area contributed by atoms with E-state index in [2.05, 4.69) is 17.1 Å². The van der Waals surface area contributed by atoms with Crippen LogP contribution < -0.4 is 5.32 Å². The van der Waals surface area contributed by atoms with Gasteiger partial charge in [0.2, 0.25) is 0 Å². The van der Waals surface area contributed by atoms with Crippen molar-refractivity contribution in [3.63, 3.8) is 0 Å². The second-order valence-electron chi connectivity index (χ2n) is 6.08. The highest BCUT2D eigenvalue weighted by Gasteiger charge is 2.19. The fourth-order valence-corrected chi connectivity index (χ4v) is 3.39. The molecule has 17 heavy (non-hydrogen) atoms. The summed E-state index contributed by atoms with van der Waals surface area (Å²) in [7, 11) is 0. The molecule has 0 aromatic rings.